The summed E-state index contributed by atoms with van der Waals surface area (Å²) in [5.41, 5.74) is 5.93. The predicted molar refractivity (Wildman–Crippen MR) is 56.4 cm³/mol. The van der Waals surface area contributed by atoms with E-state index in [0.29, 0.717) is 6.04 Å². The summed E-state index contributed by atoms with van der Waals surface area (Å²) < 4.78 is 0. The van der Waals surface area contributed by atoms with Crippen molar-refractivity contribution in [3.63, 3.8) is 0 Å². The summed E-state index contributed by atoms with van der Waals surface area (Å²) in [5, 5.41) is 0. The van der Waals surface area contributed by atoms with Gasteiger partial charge in [-0.25, -0.2) is 0 Å². The van der Waals surface area contributed by atoms with Gasteiger partial charge in [0.05, 0.1) is 0 Å². The first-order valence-electron chi connectivity index (χ1n) is 4.25. The van der Waals surface area contributed by atoms with Gasteiger partial charge in [0.1, 0.15) is 0 Å². The molecule has 11 heavy (non-hydrogen) atoms. The van der Waals surface area contributed by atoms with E-state index in [1.807, 2.05) is 23.5 Å². The zero-order valence-corrected chi connectivity index (χ0v) is 8.72. The van der Waals surface area contributed by atoms with Gasteiger partial charge < -0.3 is 5.73 Å². The second-order valence-corrected chi connectivity index (χ2v) is 5.42. The first-order chi connectivity index (χ1) is 5.34. The molecule has 1 nitrogen and oxygen atoms in total. The van der Waals surface area contributed by atoms with Crippen LogP contribution in [0, 0.1) is 5.92 Å². The summed E-state index contributed by atoms with van der Waals surface area (Å²) in [5.74, 6) is 5.83. The lowest BCUT2D eigenvalue weighted by Gasteiger charge is -2.12. The molecule has 2 unspecified atom stereocenters. The van der Waals surface area contributed by atoms with E-state index in [9.17, 15) is 0 Å². The van der Waals surface area contributed by atoms with E-state index in [-0.39, 0.29) is 0 Å². The molecule has 0 aromatic rings. The standard InChI is InChI=1S/C8H17NS2/c1-2-10-4-3-7-5-11-6-8(7)9/h7-8H,2-6,9H2,1H3. The van der Waals surface area contributed by atoms with Crippen LogP contribution in [0.4, 0.5) is 0 Å². The lowest BCUT2D eigenvalue weighted by molar-refractivity contribution is 0.506. The highest BCUT2D eigenvalue weighted by Crippen LogP contribution is 2.26. The molecular weight excluding hydrogens is 174 g/mol. The Morgan fingerprint density at radius 3 is 2.91 bits per heavy atom. The molecule has 0 saturated carbocycles. The highest BCUT2D eigenvalue weighted by Gasteiger charge is 2.23. The molecule has 66 valence electrons. The minimum absolute atomic E-state index is 0.484. The largest absolute Gasteiger partial charge is 0.327 e. The van der Waals surface area contributed by atoms with Crippen LogP contribution in [-0.4, -0.2) is 29.1 Å². The molecule has 0 spiro atoms. The predicted octanol–water partition coefficient (Wildman–Crippen LogP) is 1.82. The van der Waals surface area contributed by atoms with E-state index < -0.39 is 0 Å². The SMILES string of the molecule is CCSCCC1CSCC1N. The fourth-order valence-corrected chi connectivity index (χ4v) is 3.45. The van der Waals surface area contributed by atoms with E-state index in [1.54, 1.807) is 0 Å². The molecule has 1 aliphatic rings. The maximum absolute atomic E-state index is 5.93. The van der Waals surface area contributed by atoms with Crippen molar-refractivity contribution in [2.24, 2.45) is 11.7 Å². The number of nitrogens with two attached hydrogens (primary N) is 1. The molecule has 0 amide bonds. The topological polar surface area (TPSA) is 26.0 Å². The van der Waals surface area contributed by atoms with E-state index in [4.69, 9.17) is 5.73 Å². The van der Waals surface area contributed by atoms with Gasteiger partial charge in [-0.15, -0.1) is 0 Å². The second kappa shape index (κ2) is 5.33. The van der Waals surface area contributed by atoms with Crippen LogP contribution in [0.1, 0.15) is 13.3 Å². The van der Waals surface area contributed by atoms with Gasteiger partial charge >= 0.3 is 0 Å². The average molecular weight is 191 g/mol. The molecule has 1 rings (SSSR count). The molecule has 0 bridgehead atoms. The Labute approximate surface area is 77.9 Å². The molecule has 3 heteroatoms. The van der Waals surface area contributed by atoms with Crippen molar-refractivity contribution in [2.45, 2.75) is 19.4 Å². The Hall–Kier alpha value is 0.660. The molecule has 1 fully saturated rings. The lowest BCUT2D eigenvalue weighted by Crippen LogP contribution is -2.28. The van der Waals surface area contributed by atoms with Crippen LogP contribution >= 0.6 is 23.5 Å². The van der Waals surface area contributed by atoms with Crippen molar-refractivity contribution in [1.29, 1.82) is 0 Å². The summed E-state index contributed by atoms with van der Waals surface area (Å²) in [4.78, 5) is 0. The second-order valence-electron chi connectivity index (χ2n) is 2.95. The fourth-order valence-electron chi connectivity index (χ4n) is 1.29. The zero-order chi connectivity index (χ0) is 8.10. The third kappa shape index (κ3) is 3.26. The Morgan fingerprint density at radius 2 is 2.36 bits per heavy atom. The molecule has 0 aromatic heterocycles. The highest BCUT2D eigenvalue weighted by atomic mass is 32.2. The van der Waals surface area contributed by atoms with E-state index in [0.717, 1.165) is 5.92 Å². The number of thioether (sulfide) groups is 2. The Balaban J connectivity index is 2.05. The summed E-state index contributed by atoms with van der Waals surface area (Å²) in [7, 11) is 0. The first-order valence-corrected chi connectivity index (χ1v) is 6.56. The Bertz CT molecular complexity index is 108. The van der Waals surface area contributed by atoms with Crippen LogP contribution in [0.25, 0.3) is 0 Å². The van der Waals surface area contributed by atoms with Crippen molar-refractivity contribution >= 4 is 23.5 Å². The number of hydrogen-bond donors (Lipinski definition) is 1. The van der Waals surface area contributed by atoms with Crippen LogP contribution in [-0.2, 0) is 0 Å². The molecule has 0 aliphatic carbocycles. The van der Waals surface area contributed by atoms with E-state index in [1.165, 1.54) is 29.4 Å². The molecule has 1 aliphatic heterocycles. The minimum Gasteiger partial charge on any atom is -0.327 e. The average Bonchev–Trinajstić information content (AvgIpc) is 2.37. The summed E-state index contributed by atoms with van der Waals surface area (Å²) in [6.07, 6.45) is 1.33. The summed E-state index contributed by atoms with van der Waals surface area (Å²) in [6, 6.07) is 0.484. The Morgan fingerprint density at radius 1 is 1.55 bits per heavy atom. The maximum atomic E-state index is 5.93. The third-order valence-corrected chi connectivity index (χ3v) is 4.30. The summed E-state index contributed by atoms with van der Waals surface area (Å²) >= 11 is 4.05. The van der Waals surface area contributed by atoms with Crippen molar-refractivity contribution in [3.05, 3.63) is 0 Å². The fraction of sp³-hybridized carbons (Fsp3) is 1.00. The van der Waals surface area contributed by atoms with Crippen LogP contribution in [0.2, 0.25) is 0 Å². The highest BCUT2D eigenvalue weighted by molar-refractivity contribution is 7.99. The van der Waals surface area contributed by atoms with Crippen molar-refractivity contribution in [3.8, 4) is 0 Å². The van der Waals surface area contributed by atoms with Crippen molar-refractivity contribution in [2.75, 3.05) is 23.0 Å². The lowest BCUT2D eigenvalue weighted by atomic mass is 10.0. The van der Waals surface area contributed by atoms with Gasteiger partial charge in [-0.05, 0) is 29.6 Å². The van der Waals surface area contributed by atoms with Gasteiger partial charge in [-0.2, -0.15) is 23.5 Å². The van der Waals surface area contributed by atoms with Crippen molar-refractivity contribution in [1.82, 2.24) is 0 Å². The van der Waals surface area contributed by atoms with E-state index in [2.05, 4.69) is 6.92 Å². The maximum Gasteiger partial charge on any atom is 0.0167 e. The number of hydrogen-bond acceptors (Lipinski definition) is 3. The van der Waals surface area contributed by atoms with Gasteiger partial charge in [-0.3, -0.25) is 0 Å². The third-order valence-electron chi connectivity index (χ3n) is 2.08. The van der Waals surface area contributed by atoms with Gasteiger partial charge in [0.15, 0.2) is 0 Å². The van der Waals surface area contributed by atoms with Crippen LogP contribution in [0.5, 0.6) is 0 Å². The monoisotopic (exact) mass is 191 g/mol. The minimum atomic E-state index is 0.484. The molecule has 0 aromatic carbocycles. The van der Waals surface area contributed by atoms with Gasteiger partial charge in [0.2, 0.25) is 0 Å². The first kappa shape index (κ1) is 9.75. The van der Waals surface area contributed by atoms with Gasteiger partial charge in [0, 0.05) is 11.8 Å². The van der Waals surface area contributed by atoms with Crippen LogP contribution < -0.4 is 5.73 Å². The Kier molecular flexibility index (Phi) is 4.72. The van der Waals surface area contributed by atoms with E-state index >= 15 is 0 Å². The zero-order valence-electron chi connectivity index (χ0n) is 7.08. The van der Waals surface area contributed by atoms with Crippen LogP contribution in [0.3, 0.4) is 0 Å². The molecule has 1 heterocycles. The smallest absolute Gasteiger partial charge is 0.0167 e. The quantitative estimate of drug-likeness (QED) is 0.687. The van der Waals surface area contributed by atoms with Gasteiger partial charge in [-0.1, -0.05) is 6.92 Å². The van der Waals surface area contributed by atoms with Gasteiger partial charge in [0.25, 0.3) is 0 Å². The normalized spacial score (nSPS) is 31.1. The van der Waals surface area contributed by atoms with Crippen LogP contribution in [0.15, 0.2) is 0 Å². The molecule has 0 radical (unpaired) electrons. The molecule has 2 atom stereocenters. The van der Waals surface area contributed by atoms with Crippen molar-refractivity contribution < 1.29 is 0 Å². The molecule has 2 N–H and O–H groups in total. The molecular formula is C8H17NS2. The molecule has 1 saturated heterocycles. The number of rotatable bonds is 4. The summed E-state index contributed by atoms with van der Waals surface area (Å²) in [6.45, 7) is 2.22.